The van der Waals surface area contributed by atoms with Crippen molar-refractivity contribution in [1.29, 1.82) is 0 Å². The van der Waals surface area contributed by atoms with Gasteiger partial charge in [-0.1, -0.05) is 12.1 Å². The van der Waals surface area contributed by atoms with Crippen LogP contribution in [0.2, 0.25) is 0 Å². The summed E-state index contributed by atoms with van der Waals surface area (Å²) in [6, 6.07) is 14.7. The first kappa shape index (κ1) is 19.9. The number of nitrogens with zero attached hydrogens (tertiary/aromatic N) is 1. The summed E-state index contributed by atoms with van der Waals surface area (Å²) in [5.74, 6) is 0.853. The fourth-order valence-corrected chi connectivity index (χ4v) is 3.97. The summed E-state index contributed by atoms with van der Waals surface area (Å²) >= 11 is 0. The predicted octanol–water partition coefficient (Wildman–Crippen LogP) is 2.22. The van der Waals surface area contributed by atoms with E-state index in [1.165, 1.54) is 18.2 Å². The molecule has 4 rings (SSSR count). The third kappa shape index (κ3) is 4.58. The van der Waals surface area contributed by atoms with Crippen LogP contribution in [0.1, 0.15) is 21.5 Å². The zero-order valence-electron chi connectivity index (χ0n) is 15.9. The van der Waals surface area contributed by atoms with Crippen LogP contribution in [-0.4, -0.2) is 26.1 Å². The molecular formula is C21H19N3O5S. The molecule has 0 aliphatic carbocycles. The molecule has 1 amide bonds. The van der Waals surface area contributed by atoms with Gasteiger partial charge in [0, 0.05) is 31.0 Å². The van der Waals surface area contributed by atoms with Gasteiger partial charge in [-0.15, -0.1) is 0 Å². The smallest absolute Gasteiger partial charge is 0.251 e. The van der Waals surface area contributed by atoms with Gasteiger partial charge in [-0.3, -0.25) is 9.78 Å². The molecule has 0 unspecified atom stereocenters. The summed E-state index contributed by atoms with van der Waals surface area (Å²) in [6.07, 6.45) is 3.28. The van der Waals surface area contributed by atoms with Crippen LogP contribution in [0.5, 0.6) is 11.5 Å². The summed E-state index contributed by atoms with van der Waals surface area (Å²) in [7, 11) is -3.81. The lowest BCUT2D eigenvalue weighted by atomic mass is 10.2. The Hall–Kier alpha value is -3.43. The molecule has 0 bridgehead atoms. The molecular weight excluding hydrogens is 406 g/mol. The monoisotopic (exact) mass is 425 g/mol. The minimum Gasteiger partial charge on any atom is -0.454 e. The maximum atomic E-state index is 12.7. The Bertz CT molecular complexity index is 1170. The number of fused-ring (bicyclic) bond motifs is 1. The highest BCUT2D eigenvalue weighted by Gasteiger charge is 2.18. The van der Waals surface area contributed by atoms with Crippen LogP contribution in [-0.2, 0) is 23.1 Å². The summed E-state index contributed by atoms with van der Waals surface area (Å²) < 4.78 is 38.5. The molecule has 0 atom stereocenters. The number of nitrogens with one attached hydrogen (secondary N) is 2. The Balaban J connectivity index is 1.42. The number of benzene rings is 2. The molecule has 8 nitrogen and oxygen atoms in total. The maximum absolute atomic E-state index is 12.7. The molecule has 2 N–H and O–H groups in total. The quantitative estimate of drug-likeness (QED) is 0.601. The minimum absolute atomic E-state index is 0.0137. The van der Waals surface area contributed by atoms with Gasteiger partial charge in [0.1, 0.15) is 0 Å². The second-order valence-electron chi connectivity index (χ2n) is 6.58. The first-order valence-electron chi connectivity index (χ1n) is 9.17. The highest BCUT2D eigenvalue weighted by molar-refractivity contribution is 7.89. The van der Waals surface area contributed by atoms with Gasteiger partial charge in [-0.2, -0.15) is 0 Å². The summed E-state index contributed by atoms with van der Waals surface area (Å²) in [4.78, 5) is 16.4. The molecule has 30 heavy (non-hydrogen) atoms. The SMILES string of the molecule is O=C(NCc1ccncc1)c1cccc(S(=O)(=O)NCc2ccc3c(c2)OCO3)c1. The average Bonchev–Trinajstić information content (AvgIpc) is 3.25. The molecule has 2 aromatic carbocycles. The van der Waals surface area contributed by atoms with Gasteiger partial charge >= 0.3 is 0 Å². The summed E-state index contributed by atoms with van der Waals surface area (Å²) in [5, 5.41) is 2.77. The molecule has 9 heteroatoms. The second kappa shape index (κ2) is 8.52. The van der Waals surface area contributed by atoms with Gasteiger partial charge in [0.05, 0.1) is 4.90 Å². The van der Waals surface area contributed by atoms with E-state index < -0.39 is 10.0 Å². The van der Waals surface area contributed by atoms with Crippen LogP contribution in [0.4, 0.5) is 0 Å². The molecule has 0 saturated carbocycles. The van der Waals surface area contributed by atoms with Crippen molar-refractivity contribution in [3.05, 3.63) is 83.7 Å². The number of sulfonamides is 1. The number of aromatic nitrogens is 1. The van der Waals surface area contributed by atoms with Gasteiger partial charge < -0.3 is 14.8 Å². The van der Waals surface area contributed by atoms with Crippen molar-refractivity contribution < 1.29 is 22.7 Å². The molecule has 3 aromatic rings. The molecule has 154 valence electrons. The third-order valence-electron chi connectivity index (χ3n) is 4.51. The van der Waals surface area contributed by atoms with E-state index >= 15 is 0 Å². The van der Waals surface area contributed by atoms with Crippen LogP contribution in [0.3, 0.4) is 0 Å². The van der Waals surface area contributed by atoms with Gasteiger partial charge in [0.25, 0.3) is 5.91 Å². The van der Waals surface area contributed by atoms with Crippen LogP contribution >= 0.6 is 0 Å². The molecule has 0 saturated heterocycles. The van der Waals surface area contributed by atoms with Crippen LogP contribution in [0.15, 0.2) is 71.9 Å². The number of rotatable bonds is 7. The van der Waals surface area contributed by atoms with Gasteiger partial charge in [-0.25, -0.2) is 13.1 Å². The Kier molecular flexibility index (Phi) is 5.64. The van der Waals surface area contributed by atoms with Crippen molar-refractivity contribution in [3.63, 3.8) is 0 Å². The number of hydrogen-bond acceptors (Lipinski definition) is 6. The largest absolute Gasteiger partial charge is 0.454 e. The summed E-state index contributed by atoms with van der Waals surface area (Å²) in [6.45, 7) is 0.554. The average molecular weight is 425 g/mol. The van der Waals surface area contributed by atoms with Gasteiger partial charge in [0.2, 0.25) is 16.8 Å². The van der Waals surface area contributed by atoms with Gasteiger partial charge in [-0.05, 0) is 53.6 Å². The van der Waals surface area contributed by atoms with E-state index in [9.17, 15) is 13.2 Å². The zero-order valence-corrected chi connectivity index (χ0v) is 16.7. The van der Waals surface area contributed by atoms with E-state index in [-0.39, 0.29) is 29.7 Å². The number of hydrogen-bond donors (Lipinski definition) is 2. The lowest BCUT2D eigenvalue weighted by Crippen LogP contribution is -2.25. The van der Waals surface area contributed by atoms with E-state index in [4.69, 9.17) is 9.47 Å². The number of carbonyl (C=O) groups is 1. The molecule has 1 aromatic heterocycles. The fourth-order valence-electron chi connectivity index (χ4n) is 2.90. The van der Waals surface area contributed by atoms with E-state index in [1.54, 1.807) is 48.8 Å². The molecule has 0 spiro atoms. The van der Waals surface area contributed by atoms with Crippen molar-refractivity contribution in [2.45, 2.75) is 18.0 Å². The summed E-state index contributed by atoms with van der Waals surface area (Å²) in [5.41, 5.74) is 1.89. The van der Waals surface area contributed by atoms with E-state index in [1.807, 2.05) is 0 Å². The van der Waals surface area contributed by atoms with Crippen LogP contribution in [0.25, 0.3) is 0 Å². The highest BCUT2D eigenvalue weighted by atomic mass is 32.2. The fraction of sp³-hybridized carbons (Fsp3) is 0.143. The van der Waals surface area contributed by atoms with E-state index in [0.29, 0.717) is 18.0 Å². The van der Waals surface area contributed by atoms with E-state index in [2.05, 4.69) is 15.0 Å². The Morgan fingerprint density at radius 1 is 0.933 bits per heavy atom. The first-order valence-corrected chi connectivity index (χ1v) is 10.6. The Morgan fingerprint density at radius 2 is 1.73 bits per heavy atom. The molecule has 1 aliphatic rings. The first-order chi connectivity index (χ1) is 14.5. The molecule has 0 fully saturated rings. The van der Waals surface area contributed by atoms with Crippen molar-refractivity contribution in [1.82, 2.24) is 15.0 Å². The highest BCUT2D eigenvalue weighted by Crippen LogP contribution is 2.32. The van der Waals surface area contributed by atoms with Crippen molar-refractivity contribution in [3.8, 4) is 11.5 Å². The van der Waals surface area contributed by atoms with Crippen LogP contribution in [0, 0.1) is 0 Å². The minimum atomic E-state index is -3.81. The second-order valence-corrected chi connectivity index (χ2v) is 8.35. The third-order valence-corrected chi connectivity index (χ3v) is 5.91. The molecule has 0 radical (unpaired) electrons. The lowest BCUT2D eigenvalue weighted by molar-refractivity contribution is 0.0950. The number of carbonyl (C=O) groups excluding carboxylic acids is 1. The zero-order chi connectivity index (χ0) is 21.0. The number of pyridine rings is 1. The predicted molar refractivity (Wildman–Crippen MR) is 108 cm³/mol. The number of amides is 1. The van der Waals surface area contributed by atoms with Gasteiger partial charge in [0.15, 0.2) is 11.5 Å². The normalized spacial score (nSPS) is 12.5. The standard InChI is InChI=1S/C21H19N3O5S/c25-21(23-12-15-6-8-22-9-7-15)17-2-1-3-18(11-17)30(26,27)24-13-16-4-5-19-20(10-16)29-14-28-19/h1-11,24H,12-14H2,(H,23,25). The Labute approximate surface area is 173 Å². The number of ether oxygens (including phenoxy) is 2. The van der Waals surface area contributed by atoms with Crippen molar-refractivity contribution in [2.24, 2.45) is 0 Å². The molecule has 2 heterocycles. The topological polar surface area (TPSA) is 107 Å². The van der Waals surface area contributed by atoms with Crippen molar-refractivity contribution in [2.75, 3.05) is 6.79 Å². The van der Waals surface area contributed by atoms with Crippen LogP contribution < -0.4 is 19.5 Å². The lowest BCUT2D eigenvalue weighted by Gasteiger charge is -2.10. The van der Waals surface area contributed by atoms with E-state index in [0.717, 1.165) is 11.1 Å². The Morgan fingerprint density at radius 3 is 2.57 bits per heavy atom. The maximum Gasteiger partial charge on any atom is 0.251 e. The van der Waals surface area contributed by atoms with Crippen molar-refractivity contribution >= 4 is 15.9 Å². The molecule has 1 aliphatic heterocycles.